The van der Waals surface area contributed by atoms with Crippen molar-refractivity contribution in [2.45, 2.75) is 38.5 Å². The number of hydrogen-bond donors (Lipinski definition) is 2. The standard InChI is InChI=1S/C23H32N6O4/c1-26-19-16-17(7-8-18(19)22(25-26)29-11-9-20(30)24-23(29)33)28-14-12-27(13-15-28)10-5-3-2-4-6-21(31)32/h7-8,16H,2-6,9-15H2,1H3,(H,31,32)(H,24,30,33). The number of benzene rings is 1. The van der Waals surface area contributed by atoms with Gasteiger partial charge in [-0.05, 0) is 37.6 Å². The summed E-state index contributed by atoms with van der Waals surface area (Å²) >= 11 is 0. The molecule has 1 aromatic carbocycles. The summed E-state index contributed by atoms with van der Waals surface area (Å²) < 4.78 is 1.79. The van der Waals surface area contributed by atoms with E-state index >= 15 is 0 Å². The van der Waals surface area contributed by atoms with Gasteiger partial charge < -0.3 is 10.0 Å². The number of carboxylic acid groups (broad SMARTS) is 1. The van der Waals surface area contributed by atoms with Gasteiger partial charge >= 0.3 is 12.0 Å². The van der Waals surface area contributed by atoms with Crippen LogP contribution in [0.15, 0.2) is 18.2 Å². The van der Waals surface area contributed by atoms with Gasteiger partial charge in [0.15, 0.2) is 5.82 Å². The molecule has 2 aromatic rings. The maximum absolute atomic E-state index is 12.3. The lowest BCUT2D eigenvalue weighted by Crippen LogP contribution is -2.49. The highest BCUT2D eigenvalue weighted by molar-refractivity contribution is 6.09. The highest BCUT2D eigenvalue weighted by atomic mass is 16.4. The molecule has 33 heavy (non-hydrogen) atoms. The number of rotatable bonds is 9. The number of aliphatic carboxylic acids is 1. The Balaban J connectivity index is 1.33. The quantitative estimate of drug-likeness (QED) is 0.557. The number of amides is 3. The van der Waals surface area contributed by atoms with Gasteiger partial charge in [-0.25, -0.2) is 4.79 Å². The molecule has 3 amide bonds. The first-order chi connectivity index (χ1) is 15.9. The molecule has 10 nitrogen and oxygen atoms in total. The van der Waals surface area contributed by atoms with Crippen molar-refractivity contribution in [2.24, 2.45) is 7.05 Å². The zero-order chi connectivity index (χ0) is 23.4. The van der Waals surface area contributed by atoms with Crippen molar-refractivity contribution in [1.82, 2.24) is 20.0 Å². The average Bonchev–Trinajstić information content (AvgIpc) is 3.12. The Morgan fingerprint density at radius 1 is 1.06 bits per heavy atom. The molecule has 0 bridgehead atoms. The average molecular weight is 457 g/mol. The lowest BCUT2D eigenvalue weighted by molar-refractivity contribution is -0.137. The third-order valence-electron chi connectivity index (χ3n) is 6.48. The highest BCUT2D eigenvalue weighted by Crippen LogP contribution is 2.30. The van der Waals surface area contributed by atoms with Crippen LogP contribution in [0.2, 0.25) is 0 Å². The number of carboxylic acids is 1. The maximum atomic E-state index is 12.3. The van der Waals surface area contributed by atoms with Crippen LogP contribution < -0.4 is 15.1 Å². The Kier molecular flexibility index (Phi) is 7.12. The van der Waals surface area contributed by atoms with E-state index in [1.165, 1.54) is 4.90 Å². The number of imide groups is 1. The Morgan fingerprint density at radius 3 is 2.55 bits per heavy atom. The monoisotopic (exact) mass is 456 g/mol. The van der Waals surface area contributed by atoms with Gasteiger partial charge in [0.1, 0.15) is 0 Å². The van der Waals surface area contributed by atoms with E-state index in [0.717, 1.165) is 75.0 Å². The van der Waals surface area contributed by atoms with E-state index in [2.05, 4.69) is 32.3 Å². The number of aryl methyl sites for hydroxylation is 1. The van der Waals surface area contributed by atoms with Gasteiger partial charge in [0.25, 0.3) is 0 Å². The fraction of sp³-hybridized carbons (Fsp3) is 0.565. The number of nitrogens with zero attached hydrogens (tertiary/aromatic N) is 5. The third kappa shape index (κ3) is 5.44. The van der Waals surface area contributed by atoms with Crippen LogP contribution in [0.4, 0.5) is 16.3 Å². The van der Waals surface area contributed by atoms with Crippen molar-refractivity contribution in [1.29, 1.82) is 0 Å². The number of fused-ring (bicyclic) bond motifs is 1. The summed E-state index contributed by atoms with van der Waals surface area (Å²) in [5, 5.41) is 16.5. The number of anilines is 2. The van der Waals surface area contributed by atoms with Crippen LogP contribution in [-0.2, 0) is 16.6 Å². The van der Waals surface area contributed by atoms with Crippen LogP contribution in [0.1, 0.15) is 38.5 Å². The molecule has 4 rings (SSSR count). The molecule has 1 aromatic heterocycles. The summed E-state index contributed by atoms with van der Waals surface area (Å²) in [7, 11) is 1.87. The molecule has 2 aliphatic heterocycles. The molecule has 0 radical (unpaired) electrons. The Hall–Kier alpha value is -3.14. The van der Waals surface area contributed by atoms with Crippen LogP contribution in [-0.4, -0.2) is 77.0 Å². The Bertz CT molecular complexity index is 1030. The molecule has 0 atom stereocenters. The molecule has 2 aliphatic rings. The van der Waals surface area contributed by atoms with Crippen LogP contribution in [0.25, 0.3) is 10.9 Å². The fourth-order valence-electron chi connectivity index (χ4n) is 4.58. The number of carbonyl (C=O) groups is 3. The molecule has 2 N–H and O–H groups in total. The molecular formula is C23H32N6O4. The number of carbonyl (C=O) groups excluding carboxylic acids is 2. The molecule has 0 aliphatic carbocycles. The zero-order valence-corrected chi connectivity index (χ0v) is 19.1. The largest absolute Gasteiger partial charge is 0.481 e. The fourth-order valence-corrected chi connectivity index (χ4v) is 4.58. The van der Waals surface area contributed by atoms with Crippen molar-refractivity contribution in [3.05, 3.63) is 18.2 Å². The maximum Gasteiger partial charge on any atom is 0.329 e. The first kappa shape index (κ1) is 23.0. The van der Waals surface area contributed by atoms with E-state index < -0.39 is 12.0 Å². The van der Waals surface area contributed by atoms with E-state index in [1.807, 2.05) is 13.1 Å². The second-order valence-electron chi connectivity index (χ2n) is 8.79. The van der Waals surface area contributed by atoms with Crippen LogP contribution in [0, 0.1) is 0 Å². The van der Waals surface area contributed by atoms with Crippen molar-refractivity contribution in [2.75, 3.05) is 49.1 Å². The van der Waals surface area contributed by atoms with E-state index in [9.17, 15) is 14.4 Å². The molecule has 178 valence electrons. The predicted octanol–water partition coefficient (Wildman–Crippen LogP) is 2.18. The first-order valence-electron chi connectivity index (χ1n) is 11.7. The minimum absolute atomic E-state index is 0.254. The van der Waals surface area contributed by atoms with Crippen molar-refractivity contribution in [3.63, 3.8) is 0 Å². The number of nitrogens with one attached hydrogen (secondary N) is 1. The van der Waals surface area contributed by atoms with Crippen molar-refractivity contribution >= 4 is 40.3 Å². The number of piperazine rings is 1. The molecule has 3 heterocycles. The lowest BCUT2D eigenvalue weighted by atomic mass is 10.1. The van der Waals surface area contributed by atoms with Crippen LogP contribution in [0.5, 0.6) is 0 Å². The van der Waals surface area contributed by atoms with Gasteiger partial charge in [0.05, 0.1) is 5.52 Å². The van der Waals surface area contributed by atoms with Crippen LogP contribution >= 0.6 is 0 Å². The molecule has 2 saturated heterocycles. The predicted molar refractivity (Wildman–Crippen MR) is 126 cm³/mol. The SMILES string of the molecule is Cn1nc(N2CCC(=O)NC2=O)c2ccc(N3CCN(CCCCCCC(=O)O)CC3)cc21. The lowest BCUT2D eigenvalue weighted by Gasteiger charge is -2.36. The second kappa shape index (κ2) is 10.2. The third-order valence-corrected chi connectivity index (χ3v) is 6.48. The number of aromatic nitrogens is 2. The summed E-state index contributed by atoms with van der Waals surface area (Å²) in [6.07, 6.45) is 4.48. The van der Waals surface area contributed by atoms with Gasteiger partial charge in [-0.1, -0.05) is 12.8 Å². The molecule has 0 saturated carbocycles. The molecule has 10 heteroatoms. The number of hydrogen-bond acceptors (Lipinski definition) is 6. The van der Waals surface area contributed by atoms with Crippen molar-refractivity contribution in [3.8, 4) is 0 Å². The first-order valence-corrected chi connectivity index (χ1v) is 11.7. The van der Waals surface area contributed by atoms with Crippen LogP contribution in [0.3, 0.4) is 0 Å². The Labute approximate surface area is 193 Å². The van der Waals surface area contributed by atoms with E-state index in [1.54, 1.807) is 4.68 Å². The van der Waals surface area contributed by atoms with Gasteiger partial charge in [0.2, 0.25) is 5.91 Å². The minimum atomic E-state index is -0.708. The minimum Gasteiger partial charge on any atom is -0.481 e. The van der Waals surface area contributed by atoms with E-state index in [0.29, 0.717) is 12.4 Å². The van der Waals surface area contributed by atoms with Gasteiger partial charge in [-0.3, -0.25) is 29.4 Å². The molecule has 0 spiro atoms. The van der Waals surface area contributed by atoms with E-state index in [4.69, 9.17) is 5.11 Å². The topological polar surface area (TPSA) is 111 Å². The van der Waals surface area contributed by atoms with Gasteiger partial charge in [-0.15, -0.1) is 0 Å². The number of urea groups is 1. The number of unbranched alkanes of at least 4 members (excludes halogenated alkanes) is 3. The zero-order valence-electron chi connectivity index (χ0n) is 19.1. The summed E-state index contributed by atoms with van der Waals surface area (Å²) in [6, 6.07) is 5.80. The Morgan fingerprint density at radius 2 is 1.82 bits per heavy atom. The summed E-state index contributed by atoms with van der Waals surface area (Å²) in [6.45, 7) is 5.31. The van der Waals surface area contributed by atoms with Gasteiger partial charge in [-0.2, -0.15) is 5.10 Å². The smallest absolute Gasteiger partial charge is 0.329 e. The van der Waals surface area contributed by atoms with Crippen molar-refractivity contribution < 1.29 is 19.5 Å². The summed E-state index contributed by atoms with van der Waals surface area (Å²) in [5.41, 5.74) is 2.10. The molecular weight excluding hydrogens is 424 g/mol. The van der Waals surface area contributed by atoms with E-state index in [-0.39, 0.29) is 18.7 Å². The summed E-state index contributed by atoms with van der Waals surface area (Å²) in [4.78, 5) is 40.7. The molecule has 0 unspecified atom stereocenters. The summed E-state index contributed by atoms with van der Waals surface area (Å²) in [5.74, 6) is -0.381. The molecule has 2 fully saturated rings. The highest BCUT2D eigenvalue weighted by Gasteiger charge is 2.28. The normalized spacial score (nSPS) is 17.6. The van der Waals surface area contributed by atoms with Gasteiger partial charge in [0, 0.05) is 63.7 Å². The second-order valence-corrected chi connectivity index (χ2v) is 8.79.